The Morgan fingerprint density at radius 2 is 2.09 bits per heavy atom. The van der Waals surface area contributed by atoms with E-state index in [9.17, 15) is 18.0 Å². The van der Waals surface area contributed by atoms with Gasteiger partial charge in [-0.1, -0.05) is 18.2 Å². The summed E-state index contributed by atoms with van der Waals surface area (Å²) in [5.74, 6) is 0.324. The summed E-state index contributed by atoms with van der Waals surface area (Å²) in [5.41, 5.74) is -0.468. The van der Waals surface area contributed by atoms with Crippen molar-refractivity contribution in [1.29, 1.82) is 5.26 Å². The molecule has 0 aromatic heterocycles. The lowest BCUT2D eigenvalue weighted by Gasteiger charge is -2.31. The van der Waals surface area contributed by atoms with Crippen LogP contribution in [0, 0.1) is 17.2 Å². The number of carbonyl (C=O) groups is 1. The minimum Gasteiger partial charge on any atom is -0.325 e. The molecule has 1 aliphatic carbocycles. The van der Waals surface area contributed by atoms with Crippen LogP contribution in [0.25, 0.3) is 0 Å². The minimum absolute atomic E-state index is 0.182. The van der Waals surface area contributed by atoms with Crippen LogP contribution in [0.15, 0.2) is 24.3 Å². The lowest BCUT2D eigenvalue weighted by molar-refractivity contribution is -0.138. The van der Waals surface area contributed by atoms with E-state index in [4.69, 9.17) is 5.26 Å². The first-order valence-corrected chi connectivity index (χ1v) is 8.53. The summed E-state index contributed by atoms with van der Waals surface area (Å²) in [7, 11) is 0. The lowest BCUT2D eigenvalue weighted by Crippen LogP contribution is -2.46. The summed E-state index contributed by atoms with van der Waals surface area (Å²) in [6.45, 7) is 0.492. The molecule has 3 nitrogen and oxygen atoms in total. The molecule has 1 aliphatic heterocycles. The summed E-state index contributed by atoms with van der Waals surface area (Å²) in [6.07, 6.45) is -3.99. The predicted molar refractivity (Wildman–Crippen MR) is 80.7 cm³/mol. The van der Waals surface area contributed by atoms with Crippen LogP contribution in [-0.2, 0) is 11.0 Å². The van der Waals surface area contributed by atoms with E-state index >= 15 is 0 Å². The maximum atomic E-state index is 13.1. The predicted octanol–water partition coefficient (Wildman–Crippen LogP) is 3.28. The van der Waals surface area contributed by atoms with Gasteiger partial charge in [-0.15, -0.1) is 0 Å². The lowest BCUT2D eigenvalue weighted by atomic mass is 10.0. The van der Waals surface area contributed by atoms with Crippen molar-refractivity contribution in [3.8, 4) is 6.07 Å². The summed E-state index contributed by atoms with van der Waals surface area (Å²) in [4.78, 5) is 14.1. The van der Waals surface area contributed by atoms with Crippen molar-refractivity contribution in [3.05, 3.63) is 35.4 Å². The molecule has 7 heteroatoms. The third-order valence-corrected chi connectivity index (χ3v) is 5.36. The number of halogens is 3. The Morgan fingerprint density at radius 1 is 1.35 bits per heavy atom. The Morgan fingerprint density at radius 3 is 2.78 bits per heavy atom. The standard InChI is InChI=1S/C16H15F3N2OS/c17-16(18,19)14-4-2-1-3-11(14)12-7-13(12)15(22)21-5-6-23-9-10(21)8-20/h1-4,10,12-13H,5-7,9H2/t10-,12-,13-/m1/s1. The van der Waals surface area contributed by atoms with Crippen molar-refractivity contribution in [2.45, 2.75) is 24.6 Å². The van der Waals surface area contributed by atoms with Crippen LogP contribution in [0.5, 0.6) is 0 Å². The summed E-state index contributed by atoms with van der Waals surface area (Å²) in [6, 6.07) is 7.08. The Kier molecular flexibility index (Phi) is 4.28. The largest absolute Gasteiger partial charge is 0.416 e. The first kappa shape index (κ1) is 16.2. The smallest absolute Gasteiger partial charge is 0.325 e. The first-order valence-electron chi connectivity index (χ1n) is 7.37. The number of nitriles is 1. The van der Waals surface area contributed by atoms with Gasteiger partial charge in [0, 0.05) is 24.0 Å². The molecule has 0 radical (unpaired) electrons. The highest BCUT2D eigenvalue weighted by molar-refractivity contribution is 7.99. The van der Waals surface area contributed by atoms with Crippen molar-refractivity contribution in [3.63, 3.8) is 0 Å². The number of nitrogens with zero attached hydrogens (tertiary/aromatic N) is 2. The van der Waals surface area contributed by atoms with Gasteiger partial charge in [-0.25, -0.2) is 0 Å². The number of benzene rings is 1. The molecule has 0 bridgehead atoms. The van der Waals surface area contributed by atoms with E-state index in [1.807, 2.05) is 0 Å². The maximum Gasteiger partial charge on any atom is 0.416 e. The van der Waals surface area contributed by atoms with Crippen molar-refractivity contribution in [1.82, 2.24) is 4.90 Å². The van der Waals surface area contributed by atoms with Crippen molar-refractivity contribution in [2.24, 2.45) is 5.92 Å². The number of alkyl halides is 3. The van der Waals surface area contributed by atoms with Gasteiger partial charge in [0.2, 0.25) is 5.91 Å². The molecule has 2 aliphatic rings. The van der Waals surface area contributed by atoms with Crippen LogP contribution in [-0.4, -0.2) is 34.9 Å². The van der Waals surface area contributed by atoms with Gasteiger partial charge in [0.25, 0.3) is 0 Å². The number of carbonyl (C=O) groups excluding carboxylic acids is 1. The second kappa shape index (κ2) is 6.08. The first-order chi connectivity index (χ1) is 10.9. The Labute approximate surface area is 136 Å². The highest BCUT2D eigenvalue weighted by Gasteiger charge is 2.50. The average molecular weight is 340 g/mol. The monoisotopic (exact) mass is 340 g/mol. The van der Waals surface area contributed by atoms with Crippen LogP contribution in [0.2, 0.25) is 0 Å². The van der Waals surface area contributed by atoms with Gasteiger partial charge in [0.15, 0.2) is 0 Å². The number of thioether (sulfide) groups is 1. The fourth-order valence-corrected chi connectivity index (χ4v) is 4.05. The Bertz CT molecular complexity index is 655. The van der Waals surface area contributed by atoms with Gasteiger partial charge >= 0.3 is 6.18 Å². The molecule has 1 amide bonds. The summed E-state index contributed by atoms with van der Waals surface area (Å²) in [5, 5.41) is 9.14. The zero-order chi connectivity index (χ0) is 16.6. The molecular weight excluding hydrogens is 325 g/mol. The molecular formula is C16H15F3N2OS. The maximum absolute atomic E-state index is 13.1. The second-order valence-corrected chi connectivity index (χ2v) is 6.93. The SMILES string of the molecule is N#C[C@@H]1CSCCN1C(=O)[C@@H]1C[C@@H]1c1ccccc1C(F)(F)F. The van der Waals surface area contributed by atoms with Gasteiger partial charge in [0.05, 0.1) is 11.6 Å². The molecule has 122 valence electrons. The molecule has 3 atom stereocenters. The quantitative estimate of drug-likeness (QED) is 0.830. The van der Waals surface area contributed by atoms with E-state index in [1.54, 1.807) is 17.8 Å². The van der Waals surface area contributed by atoms with E-state index < -0.39 is 29.6 Å². The van der Waals surface area contributed by atoms with Gasteiger partial charge in [-0.05, 0) is 24.0 Å². The second-order valence-electron chi connectivity index (χ2n) is 5.79. The normalized spacial score (nSPS) is 27.4. The topological polar surface area (TPSA) is 44.1 Å². The van der Waals surface area contributed by atoms with Crippen LogP contribution in [0.1, 0.15) is 23.5 Å². The van der Waals surface area contributed by atoms with Gasteiger partial charge in [-0.3, -0.25) is 4.79 Å². The highest BCUT2D eigenvalue weighted by Crippen LogP contribution is 2.52. The molecule has 1 aromatic rings. The Hall–Kier alpha value is -1.68. The minimum atomic E-state index is -4.41. The third-order valence-electron chi connectivity index (χ3n) is 4.33. The zero-order valence-electron chi connectivity index (χ0n) is 12.2. The molecule has 2 fully saturated rings. The average Bonchev–Trinajstić information content (AvgIpc) is 3.34. The molecule has 1 aromatic carbocycles. The van der Waals surface area contributed by atoms with E-state index in [-0.39, 0.29) is 11.5 Å². The van der Waals surface area contributed by atoms with Crippen LogP contribution >= 0.6 is 11.8 Å². The van der Waals surface area contributed by atoms with Gasteiger partial charge in [-0.2, -0.15) is 30.2 Å². The van der Waals surface area contributed by atoms with Crippen molar-refractivity contribution < 1.29 is 18.0 Å². The molecule has 23 heavy (non-hydrogen) atoms. The fraction of sp³-hybridized carbons (Fsp3) is 0.500. The van der Waals surface area contributed by atoms with Crippen molar-refractivity contribution >= 4 is 17.7 Å². The van der Waals surface area contributed by atoms with Gasteiger partial charge in [0.1, 0.15) is 6.04 Å². The third kappa shape index (κ3) is 3.18. The molecule has 1 saturated carbocycles. The number of hydrogen-bond donors (Lipinski definition) is 0. The molecule has 1 heterocycles. The van der Waals surface area contributed by atoms with Crippen LogP contribution in [0.3, 0.4) is 0 Å². The zero-order valence-corrected chi connectivity index (χ0v) is 13.0. The number of rotatable bonds is 2. The molecule has 0 unspecified atom stereocenters. The Balaban J connectivity index is 1.78. The molecule has 3 rings (SSSR count). The summed E-state index contributed by atoms with van der Waals surface area (Å²) >= 11 is 1.62. The fourth-order valence-electron chi connectivity index (χ4n) is 3.08. The number of amides is 1. The van der Waals surface area contributed by atoms with E-state index in [2.05, 4.69) is 6.07 Å². The molecule has 0 N–H and O–H groups in total. The van der Waals surface area contributed by atoms with E-state index in [0.29, 0.717) is 18.7 Å². The van der Waals surface area contributed by atoms with Gasteiger partial charge < -0.3 is 4.90 Å². The van der Waals surface area contributed by atoms with Crippen molar-refractivity contribution in [2.75, 3.05) is 18.1 Å². The molecule has 0 spiro atoms. The van der Waals surface area contributed by atoms with E-state index in [1.165, 1.54) is 17.0 Å². The number of hydrogen-bond acceptors (Lipinski definition) is 3. The molecule has 1 saturated heterocycles. The van der Waals surface area contributed by atoms with Crippen LogP contribution < -0.4 is 0 Å². The highest BCUT2D eigenvalue weighted by atomic mass is 32.2. The van der Waals surface area contributed by atoms with E-state index in [0.717, 1.165) is 11.8 Å². The summed E-state index contributed by atoms with van der Waals surface area (Å²) < 4.78 is 39.3. The van der Waals surface area contributed by atoms with Crippen LogP contribution in [0.4, 0.5) is 13.2 Å².